The fourth-order valence-electron chi connectivity index (χ4n) is 2.94. The summed E-state index contributed by atoms with van der Waals surface area (Å²) < 4.78 is 6.05. The van der Waals surface area contributed by atoms with E-state index in [0.717, 1.165) is 41.5 Å². The molecule has 122 valence electrons. The van der Waals surface area contributed by atoms with Crippen LogP contribution >= 0.6 is 0 Å². The first kappa shape index (κ1) is 14.6. The lowest BCUT2D eigenvalue weighted by molar-refractivity contribution is 0.623. The predicted molar refractivity (Wildman–Crippen MR) is 91.4 cm³/mol. The minimum Gasteiger partial charge on any atom is -0.322 e. The van der Waals surface area contributed by atoms with Crippen LogP contribution in [-0.4, -0.2) is 33.9 Å². The van der Waals surface area contributed by atoms with Crippen LogP contribution in [0, 0.1) is 0 Å². The van der Waals surface area contributed by atoms with E-state index >= 15 is 0 Å². The van der Waals surface area contributed by atoms with E-state index in [1.165, 1.54) is 0 Å². The van der Waals surface area contributed by atoms with E-state index in [2.05, 4.69) is 31.1 Å². The normalized spacial score (nSPS) is 11.4. The van der Waals surface area contributed by atoms with Crippen molar-refractivity contribution in [3.8, 4) is 11.5 Å². The maximum absolute atomic E-state index is 4.77. The van der Waals surface area contributed by atoms with E-state index in [9.17, 15) is 0 Å². The summed E-state index contributed by atoms with van der Waals surface area (Å²) in [7, 11) is 1.91. The fraction of sp³-hybridized carbons (Fsp3) is 0.294. The molecule has 0 aliphatic heterocycles. The summed E-state index contributed by atoms with van der Waals surface area (Å²) in [5.41, 5.74) is 2.73. The molecule has 4 aromatic heterocycles. The molecule has 4 heterocycles. The molecule has 7 nitrogen and oxygen atoms in total. The van der Waals surface area contributed by atoms with Crippen molar-refractivity contribution in [3.63, 3.8) is 0 Å². The van der Waals surface area contributed by atoms with E-state index in [0.29, 0.717) is 6.54 Å². The first-order valence-electron chi connectivity index (χ1n) is 8.07. The maximum Gasteiger partial charge on any atom is 0.160 e. The Kier molecular flexibility index (Phi) is 3.60. The summed E-state index contributed by atoms with van der Waals surface area (Å²) in [4.78, 5) is 13.7. The highest BCUT2D eigenvalue weighted by atomic mass is 15.3. The molecule has 4 aromatic rings. The molecule has 24 heavy (non-hydrogen) atoms. The van der Waals surface area contributed by atoms with E-state index in [1.54, 1.807) is 10.9 Å². The van der Waals surface area contributed by atoms with Gasteiger partial charge in [-0.05, 0) is 24.6 Å². The molecule has 0 saturated carbocycles. The van der Waals surface area contributed by atoms with Crippen molar-refractivity contribution < 1.29 is 0 Å². The Morgan fingerprint density at radius 3 is 2.79 bits per heavy atom. The summed E-state index contributed by atoms with van der Waals surface area (Å²) in [6.07, 6.45) is 8.54. The van der Waals surface area contributed by atoms with Gasteiger partial charge in [-0.25, -0.2) is 15.0 Å². The molecule has 0 radical (unpaired) electrons. The van der Waals surface area contributed by atoms with Gasteiger partial charge < -0.3 is 9.13 Å². The Morgan fingerprint density at radius 2 is 2.00 bits per heavy atom. The number of aromatic nitrogens is 7. The minimum atomic E-state index is 0.641. The molecular weight excluding hydrogens is 302 g/mol. The molecule has 0 N–H and O–H groups in total. The van der Waals surface area contributed by atoms with Crippen LogP contribution in [0.3, 0.4) is 0 Å². The molecule has 0 unspecified atom stereocenters. The Labute approximate surface area is 139 Å². The fourth-order valence-corrected chi connectivity index (χ4v) is 2.94. The molecule has 0 atom stereocenters. The summed E-state index contributed by atoms with van der Waals surface area (Å²) in [6.45, 7) is 3.70. The van der Waals surface area contributed by atoms with Crippen LogP contribution in [-0.2, 0) is 20.1 Å². The molecule has 0 aliphatic carbocycles. The molecule has 0 spiro atoms. The molecule has 0 amide bonds. The third kappa shape index (κ3) is 2.47. The van der Waals surface area contributed by atoms with Gasteiger partial charge in [-0.3, -0.25) is 4.68 Å². The van der Waals surface area contributed by atoms with Gasteiger partial charge in [0.1, 0.15) is 17.0 Å². The number of nitrogens with zero attached hydrogens (tertiary/aromatic N) is 7. The monoisotopic (exact) mass is 321 g/mol. The van der Waals surface area contributed by atoms with Gasteiger partial charge in [0.2, 0.25) is 0 Å². The van der Waals surface area contributed by atoms with Gasteiger partial charge in [0.05, 0.1) is 6.54 Å². The zero-order valence-electron chi connectivity index (χ0n) is 13.8. The van der Waals surface area contributed by atoms with Gasteiger partial charge in [0.15, 0.2) is 11.5 Å². The molecule has 0 saturated heterocycles. The van der Waals surface area contributed by atoms with Crippen molar-refractivity contribution in [1.82, 2.24) is 33.9 Å². The quantitative estimate of drug-likeness (QED) is 0.566. The van der Waals surface area contributed by atoms with E-state index in [-0.39, 0.29) is 0 Å². The average Bonchev–Trinajstić information content (AvgIpc) is 3.28. The van der Waals surface area contributed by atoms with Gasteiger partial charge >= 0.3 is 0 Å². The number of imidazole rings is 2. The van der Waals surface area contributed by atoms with Gasteiger partial charge in [-0.1, -0.05) is 6.92 Å². The largest absolute Gasteiger partial charge is 0.322 e. The summed E-state index contributed by atoms with van der Waals surface area (Å²) in [5.74, 6) is 1.83. The minimum absolute atomic E-state index is 0.641. The van der Waals surface area contributed by atoms with Crippen LogP contribution in [0.25, 0.3) is 22.7 Å². The first-order chi connectivity index (χ1) is 11.8. The standard InChI is InChI=1S/C17H19N7/c1-3-9-24-15(20-13-5-4-7-18-17(13)24)12-23-11-8-19-16(23)14-6-10-22(2)21-14/h4-8,10-11H,3,9,12H2,1-2H3. The molecular formula is C17H19N7. The first-order valence-corrected chi connectivity index (χ1v) is 8.07. The lowest BCUT2D eigenvalue weighted by Gasteiger charge is -2.09. The molecule has 4 rings (SSSR count). The lowest BCUT2D eigenvalue weighted by atomic mass is 10.4. The van der Waals surface area contributed by atoms with Crippen molar-refractivity contribution in [2.45, 2.75) is 26.4 Å². The highest BCUT2D eigenvalue weighted by Crippen LogP contribution is 2.19. The Bertz CT molecular complexity index is 976. The number of pyridine rings is 1. The number of hydrogen-bond acceptors (Lipinski definition) is 4. The summed E-state index contributed by atoms with van der Waals surface area (Å²) >= 11 is 0. The van der Waals surface area contributed by atoms with Crippen LogP contribution < -0.4 is 0 Å². The van der Waals surface area contributed by atoms with E-state index in [4.69, 9.17) is 4.98 Å². The molecule has 0 aromatic carbocycles. The van der Waals surface area contributed by atoms with Gasteiger partial charge in [0, 0.05) is 38.4 Å². The zero-order chi connectivity index (χ0) is 16.5. The second-order valence-electron chi connectivity index (χ2n) is 5.78. The van der Waals surface area contributed by atoms with Crippen LogP contribution in [0.15, 0.2) is 43.0 Å². The smallest absolute Gasteiger partial charge is 0.160 e. The molecule has 0 bridgehead atoms. The number of fused-ring (bicyclic) bond motifs is 1. The zero-order valence-corrected chi connectivity index (χ0v) is 13.8. The summed E-state index contributed by atoms with van der Waals surface area (Å²) in [5, 5.41) is 4.45. The van der Waals surface area contributed by atoms with E-state index < -0.39 is 0 Å². The Morgan fingerprint density at radius 1 is 1.08 bits per heavy atom. The molecule has 0 aliphatic rings. The highest BCUT2D eigenvalue weighted by molar-refractivity contribution is 5.71. The molecule has 0 fully saturated rings. The third-order valence-electron chi connectivity index (χ3n) is 4.00. The topological polar surface area (TPSA) is 66.3 Å². The van der Waals surface area contributed by atoms with Crippen molar-refractivity contribution in [3.05, 3.63) is 48.8 Å². The second kappa shape index (κ2) is 5.92. The molecule has 7 heteroatoms. The van der Waals surface area contributed by atoms with Crippen LogP contribution in [0.4, 0.5) is 0 Å². The van der Waals surface area contributed by atoms with Crippen molar-refractivity contribution in [2.24, 2.45) is 7.05 Å². The van der Waals surface area contributed by atoms with Crippen molar-refractivity contribution >= 4 is 11.2 Å². The number of aryl methyl sites for hydroxylation is 2. The van der Waals surface area contributed by atoms with Crippen LogP contribution in [0.5, 0.6) is 0 Å². The van der Waals surface area contributed by atoms with Crippen molar-refractivity contribution in [2.75, 3.05) is 0 Å². The third-order valence-corrected chi connectivity index (χ3v) is 4.00. The average molecular weight is 321 g/mol. The van der Waals surface area contributed by atoms with Crippen LogP contribution in [0.2, 0.25) is 0 Å². The second-order valence-corrected chi connectivity index (χ2v) is 5.78. The van der Waals surface area contributed by atoms with Gasteiger partial charge in [-0.15, -0.1) is 0 Å². The Hall–Kier alpha value is -2.96. The highest BCUT2D eigenvalue weighted by Gasteiger charge is 2.14. The predicted octanol–water partition coefficient (Wildman–Crippen LogP) is 2.49. The number of hydrogen-bond donors (Lipinski definition) is 0. The number of rotatable bonds is 5. The van der Waals surface area contributed by atoms with Gasteiger partial charge in [0.25, 0.3) is 0 Å². The van der Waals surface area contributed by atoms with E-state index in [1.807, 2.05) is 43.8 Å². The van der Waals surface area contributed by atoms with Gasteiger partial charge in [-0.2, -0.15) is 5.10 Å². The Balaban J connectivity index is 1.75. The lowest BCUT2D eigenvalue weighted by Crippen LogP contribution is -2.10. The summed E-state index contributed by atoms with van der Waals surface area (Å²) in [6, 6.07) is 5.90. The van der Waals surface area contributed by atoms with Crippen LogP contribution in [0.1, 0.15) is 19.2 Å². The van der Waals surface area contributed by atoms with Crippen molar-refractivity contribution in [1.29, 1.82) is 0 Å². The maximum atomic E-state index is 4.77. The SMILES string of the molecule is CCCn1c(Cn2ccnc2-c2ccn(C)n2)nc2cccnc21.